The molecule has 0 spiro atoms. The minimum Gasteiger partial charge on any atom is -0.353 e. The van der Waals surface area contributed by atoms with Crippen molar-refractivity contribution in [2.45, 2.75) is 27.1 Å². The average Bonchev–Trinajstić information content (AvgIpc) is 2.50. The molecule has 1 aromatic rings. The topological polar surface area (TPSA) is 35.5 Å². The van der Waals surface area contributed by atoms with Crippen molar-refractivity contribution in [2.24, 2.45) is 0 Å². The number of hydrogen-bond acceptors (Lipinski definition) is 3. The van der Waals surface area contributed by atoms with Gasteiger partial charge in [-0.05, 0) is 26.3 Å². The summed E-state index contributed by atoms with van der Waals surface area (Å²) in [6, 6.07) is 7.25. The molecule has 3 heteroatoms. The van der Waals surface area contributed by atoms with Gasteiger partial charge in [-0.3, -0.25) is 4.79 Å². The number of aldehydes is 1. The van der Waals surface area contributed by atoms with Crippen LogP contribution in [0.15, 0.2) is 44.0 Å². The molecule has 20 heavy (non-hydrogen) atoms. The maximum absolute atomic E-state index is 10.2. The standard InChI is InChI=1S/C9H8O.C6H14O2.C2H4/c1-2-8-3-5-9(7-10)6-4-8;1-4-7-6(3)8-5-2;1-2/h2-7H,1H2;6H,4-5H2,1-3H3;1-2H2. The van der Waals surface area contributed by atoms with Gasteiger partial charge in [0.25, 0.3) is 0 Å². The number of carbonyl (C=O) groups excluding carboxylic acids is 1. The van der Waals surface area contributed by atoms with Gasteiger partial charge in [-0.1, -0.05) is 36.9 Å². The summed E-state index contributed by atoms with van der Waals surface area (Å²) in [7, 11) is 0. The molecule has 1 rings (SSSR count). The molecule has 0 amide bonds. The molecule has 0 aliphatic carbocycles. The van der Waals surface area contributed by atoms with Crippen molar-refractivity contribution in [1.29, 1.82) is 0 Å². The van der Waals surface area contributed by atoms with Crippen LogP contribution in [0.1, 0.15) is 36.7 Å². The predicted octanol–water partition coefficient (Wildman–Crippen LogP) is 4.35. The molecule has 3 nitrogen and oxygen atoms in total. The van der Waals surface area contributed by atoms with Crippen LogP contribution in [-0.2, 0) is 9.47 Å². The SMILES string of the molecule is C=C.C=Cc1ccc(C=O)cc1.CCOC(C)OCC. The molecule has 0 fully saturated rings. The Morgan fingerprint density at radius 2 is 1.45 bits per heavy atom. The van der Waals surface area contributed by atoms with E-state index in [9.17, 15) is 4.79 Å². The monoisotopic (exact) mass is 278 g/mol. The quantitative estimate of drug-likeness (QED) is 0.441. The van der Waals surface area contributed by atoms with Crippen molar-refractivity contribution in [2.75, 3.05) is 13.2 Å². The number of ether oxygens (including phenoxy) is 2. The van der Waals surface area contributed by atoms with Crippen LogP contribution in [0.25, 0.3) is 6.08 Å². The summed E-state index contributed by atoms with van der Waals surface area (Å²) in [4.78, 5) is 10.2. The molecule has 0 aromatic heterocycles. The summed E-state index contributed by atoms with van der Waals surface area (Å²) in [5, 5.41) is 0. The molecular formula is C17H26O3. The van der Waals surface area contributed by atoms with E-state index in [1.165, 1.54) is 0 Å². The zero-order valence-electron chi connectivity index (χ0n) is 12.8. The lowest BCUT2D eigenvalue weighted by Gasteiger charge is -2.09. The Kier molecular flexibility index (Phi) is 15.8. The second-order valence-corrected chi connectivity index (χ2v) is 3.47. The summed E-state index contributed by atoms with van der Waals surface area (Å²) in [6.45, 7) is 16.8. The zero-order valence-corrected chi connectivity index (χ0v) is 12.8. The number of carbonyl (C=O) groups is 1. The van der Waals surface area contributed by atoms with E-state index in [1.807, 2.05) is 32.9 Å². The van der Waals surface area contributed by atoms with Crippen molar-refractivity contribution >= 4 is 12.4 Å². The van der Waals surface area contributed by atoms with Crippen molar-refractivity contribution in [3.05, 3.63) is 55.1 Å². The number of benzene rings is 1. The Morgan fingerprint density at radius 1 is 1.05 bits per heavy atom. The fraction of sp³-hybridized carbons (Fsp3) is 0.353. The van der Waals surface area contributed by atoms with Crippen LogP contribution in [0.3, 0.4) is 0 Å². The Hall–Kier alpha value is -1.71. The lowest BCUT2D eigenvalue weighted by molar-refractivity contribution is -0.123. The van der Waals surface area contributed by atoms with Crippen molar-refractivity contribution in [1.82, 2.24) is 0 Å². The van der Waals surface area contributed by atoms with Gasteiger partial charge >= 0.3 is 0 Å². The third-order valence-electron chi connectivity index (χ3n) is 2.11. The second kappa shape index (κ2) is 15.3. The van der Waals surface area contributed by atoms with Gasteiger partial charge in [0.15, 0.2) is 6.29 Å². The predicted molar refractivity (Wildman–Crippen MR) is 85.9 cm³/mol. The molecule has 0 unspecified atom stereocenters. The van der Waals surface area contributed by atoms with E-state index in [-0.39, 0.29) is 6.29 Å². The molecular weight excluding hydrogens is 252 g/mol. The Labute approximate surface area is 122 Å². The second-order valence-electron chi connectivity index (χ2n) is 3.47. The van der Waals surface area contributed by atoms with Gasteiger partial charge in [-0.25, -0.2) is 0 Å². The molecule has 0 bridgehead atoms. The third-order valence-corrected chi connectivity index (χ3v) is 2.11. The summed E-state index contributed by atoms with van der Waals surface area (Å²) in [5.41, 5.74) is 1.73. The van der Waals surface area contributed by atoms with Crippen LogP contribution in [0.2, 0.25) is 0 Å². The fourth-order valence-corrected chi connectivity index (χ4v) is 1.23. The van der Waals surface area contributed by atoms with Crippen LogP contribution >= 0.6 is 0 Å². The van der Waals surface area contributed by atoms with Gasteiger partial charge in [0.1, 0.15) is 6.29 Å². The maximum Gasteiger partial charge on any atom is 0.154 e. The molecule has 0 atom stereocenters. The molecule has 0 aliphatic heterocycles. The van der Waals surface area contributed by atoms with E-state index < -0.39 is 0 Å². The molecule has 0 N–H and O–H groups in total. The summed E-state index contributed by atoms with van der Waals surface area (Å²) in [5.74, 6) is 0. The first-order valence-corrected chi connectivity index (χ1v) is 6.58. The highest BCUT2D eigenvalue weighted by Gasteiger charge is 1.94. The number of rotatable bonds is 6. The van der Waals surface area contributed by atoms with E-state index in [0.29, 0.717) is 5.56 Å². The van der Waals surface area contributed by atoms with Crippen LogP contribution in [0.5, 0.6) is 0 Å². The first-order chi connectivity index (χ1) is 9.67. The van der Waals surface area contributed by atoms with Crippen molar-refractivity contribution in [3.63, 3.8) is 0 Å². The smallest absolute Gasteiger partial charge is 0.154 e. The summed E-state index contributed by atoms with van der Waals surface area (Å²) >= 11 is 0. The molecule has 0 saturated heterocycles. The lowest BCUT2D eigenvalue weighted by Crippen LogP contribution is -2.11. The summed E-state index contributed by atoms with van der Waals surface area (Å²) in [6.07, 6.45) is 2.53. The first-order valence-electron chi connectivity index (χ1n) is 6.58. The normalized spacial score (nSPS) is 8.80. The third kappa shape index (κ3) is 11.4. The number of hydrogen-bond donors (Lipinski definition) is 0. The molecule has 0 aliphatic rings. The maximum atomic E-state index is 10.2. The Morgan fingerprint density at radius 3 is 1.75 bits per heavy atom. The lowest BCUT2D eigenvalue weighted by atomic mass is 10.1. The van der Waals surface area contributed by atoms with E-state index in [2.05, 4.69) is 19.7 Å². The highest BCUT2D eigenvalue weighted by Crippen LogP contribution is 2.02. The van der Waals surface area contributed by atoms with Crippen molar-refractivity contribution < 1.29 is 14.3 Å². The summed E-state index contributed by atoms with van der Waals surface area (Å²) < 4.78 is 10.1. The first kappa shape index (κ1) is 20.6. The van der Waals surface area contributed by atoms with Gasteiger partial charge in [-0.15, -0.1) is 13.2 Å². The average molecular weight is 278 g/mol. The van der Waals surface area contributed by atoms with Gasteiger partial charge in [-0.2, -0.15) is 0 Å². The van der Waals surface area contributed by atoms with E-state index in [4.69, 9.17) is 9.47 Å². The van der Waals surface area contributed by atoms with Gasteiger partial charge in [0, 0.05) is 18.8 Å². The minimum absolute atomic E-state index is 0.0370. The molecule has 112 valence electrons. The Bertz CT molecular complexity index is 311. The van der Waals surface area contributed by atoms with Crippen LogP contribution in [-0.4, -0.2) is 25.8 Å². The minimum atomic E-state index is -0.0370. The van der Waals surface area contributed by atoms with Gasteiger partial charge in [0.2, 0.25) is 0 Å². The van der Waals surface area contributed by atoms with Crippen LogP contribution in [0, 0.1) is 0 Å². The zero-order chi connectivity index (χ0) is 15.8. The van der Waals surface area contributed by atoms with Gasteiger partial charge < -0.3 is 9.47 Å². The molecule has 1 aromatic carbocycles. The highest BCUT2D eigenvalue weighted by molar-refractivity contribution is 5.75. The fourth-order valence-electron chi connectivity index (χ4n) is 1.23. The van der Waals surface area contributed by atoms with Gasteiger partial charge in [0.05, 0.1) is 0 Å². The largest absolute Gasteiger partial charge is 0.353 e. The van der Waals surface area contributed by atoms with Crippen molar-refractivity contribution in [3.8, 4) is 0 Å². The molecule has 0 radical (unpaired) electrons. The Balaban J connectivity index is 0. The van der Waals surface area contributed by atoms with E-state index in [0.717, 1.165) is 25.1 Å². The highest BCUT2D eigenvalue weighted by atomic mass is 16.7. The van der Waals surface area contributed by atoms with E-state index in [1.54, 1.807) is 18.2 Å². The van der Waals surface area contributed by atoms with Crippen LogP contribution < -0.4 is 0 Å². The molecule has 0 saturated carbocycles. The molecule has 0 heterocycles. The van der Waals surface area contributed by atoms with Crippen LogP contribution in [0.4, 0.5) is 0 Å². The van der Waals surface area contributed by atoms with E-state index >= 15 is 0 Å².